The van der Waals surface area contributed by atoms with Gasteiger partial charge < -0.3 is 9.88 Å². The predicted molar refractivity (Wildman–Crippen MR) is 81.5 cm³/mol. The van der Waals surface area contributed by atoms with Crippen LogP contribution in [0.4, 0.5) is 23.8 Å². The number of halogens is 3. The summed E-state index contributed by atoms with van der Waals surface area (Å²) in [6.45, 7) is -0.106. The third-order valence-electron chi connectivity index (χ3n) is 3.20. The van der Waals surface area contributed by atoms with Crippen LogP contribution in [0.15, 0.2) is 41.5 Å². The fourth-order valence-electron chi connectivity index (χ4n) is 2.03. The number of nitrogens with one attached hydrogen (secondary N) is 2. The molecule has 0 fully saturated rings. The molecule has 1 aromatic carbocycles. The highest BCUT2D eigenvalue weighted by Gasteiger charge is 2.28. The average molecular weight is 340 g/mol. The molecule has 0 aliphatic rings. The number of hydrogen-bond donors (Lipinski definition) is 2. The molecule has 2 amide bonds. The molecule has 0 atom stereocenters. The second-order valence-corrected chi connectivity index (χ2v) is 5.06. The summed E-state index contributed by atoms with van der Waals surface area (Å²) >= 11 is 0. The summed E-state index contributed by atoms with van der Waals surface area (Å²) < 4.78 is 38.9. The molecule has 0 radical (unpaired) electrons. The lowest BCUT2D eigenvalue weighted by molar-refractivity contribution is -0.127. The zero-order valence-electron chi connectivity index (χ0n) is 12.7. The van der Waals surface area contributed by atoms with Gasteiger partial charge in [-0.2, -0.15) is 13.2 Å². The molecule has 0 unspecified atom stereocenters. The minimum Gasteiger partial charge on any atom is -0.334 e. The fourth-order valence-corrected chi connectivity index (χ4v) is 2.03. The van der Waals surface area contributed by atoms with Crippen LogP contribution in [0.1, 0.15) is 11.1 Å². The van der Waals surface area contributed by atoms with Gasteiger partial charge >= 0.3 is 12.2 Å². The minimum absolute atomic E-state index is 0.0825. The van der Waals surface area contributed by atoms with Crippen molar-refractivity contribution in [1.29, 1.82) is 0 Å². The van der Waals surface area contributed by atoms with Gasteiger partial charge in [-0.1, -0.05) is 24.3 Å². The number of benzene rings is 1. The van der Waals surface area contributed by atoms with Crippen LogP contribution in [0.2, 0.25) is 0 Å². The summed E-state index contributed by atoms with van der Waals surface area (Å²) in [6.07, 6.45) is -2.64. The van der Waals surface area contributed by atoms with E-state index in [0.717, 1.165) is 0 Å². The molecule has 128 valence electrons. The number of anilines is 1. The highest BCUT2D eigenvalue weighted by Crippen LogP contribution is 2.23. The fraction of sp³-hybridized carbons (Fsp3) is 0.267. The SMILES string of the molecule is Cn1ccnc(NC(=O)NCc2ccccc2CC(F)(F)F)c1=O. The third kappa shape index (κ3) is 4.83. The maximum atomic E-state index is 12.5. The standard InChI is InChI=1S/C15H15F3N4O2/c1-22-7-6-19-12(13(22)23)21-14(24)20-9-11-5-3-2-4-10(11)8-15(16,17)18/h2-7H,8-9H2,1H3,(H2,19,20,21,24). The van der Waals surface area contributed by atoms with Crippen LogP contribution in [0.5, 0.6) is 0 Å². The molecule has 0 spiro atoms. The first kappa shape index (κ1) is 17.5. The highest BCUT2D eigenvalue weighted by molar-refractivity contribution is 5.87. The topological polar surface area (TPSA) is 76.0 Å². The quantitative estimate of drug-likeness (QED) is 0.896. The lowest BCUT2D eigenvalue weighted by Crippen LogP contribution is -2.33. The van der Waals surface area contributed by atoms with Crippen molar-refractivity contribution in [3.63, 3.8) is 0 Å². The van der Waals surface area contributed by atoms with E-state index in [-0.39, 0.29) is 17.9 Å². The van der Waals surface area contributed by atoms with Crippen molar-refractivity contribution in [3.05, 3.63) is 58.1 Å². The van der Waals surface area contributed by atoms with Crippen molar-refractivity contribution in [2.24, 2.45) is 7.05 Å². The van der Waals surface area contributed by atoms with E-state index >= 15 is 0 Å². The Hall–Kier alpha value is -2.84. The number of aryl methyl sites for hydroxylation is 1. The summed E-state index contributed by atoms with van der Waals surface area (Å²) in [5.74, 6) is -0.166. The van der Waals surface area contributed by atoms with Gasteiger partial charge in [-0.05, 0) is 11.1 Å². The molecule has 0 aliphatic carbocycles. The smallest absolute Gasteiger partial charge is 0.334 e. The molecule has 1 aromatic heterocycles. The van der Waals surface area contributed by atoms with Crippen molar-refractivity contribution in [1.82, 2.24) is 14.9 Å². The zero-order valence-corrected chi connectivity index (χ0v) is 12.7. The second-order valence-electron chi connectivity index (χ2n) is 5.06. The van der Waals surface area contributed by atoms with Gasteiger partial charge in [0.05, 0.1) is 6.42 Å². The Bertz CT molecular complexity index is 787. The van der Waals surface area contributed by atoms with E-state index in [1.165, 1.54) is 42.2 Å². The number of aromatic nitrogens is 2. The molecule has 2 aromatic rings. The molecule has 0 saturated heterocycles. The Balaban J connectivity index is 2.02. The predicted octanol–water partition coefficient (Wildman–Crippen LogP) is 2.21. The summed E-state index contributed by atoms with van der Waals surface area (Å²) in [6, 6.07) is 5.22. The van der Waals surface area contributed by atoms with E-state index in [2.05, 4.69) is 15.6 Å². The maximum Gasteiger partial charge on any atom is 0.393 e. The van der Waals surface area contributed by atoms with E-state index in [1.54, 1.807) is 6.07 Å². The van der Waals surface area contributed by atoms with Crippen molar-refractivity contribution in [3.8, 4) is 0 Å². The number of urea groups is 1. The first-order valence-electron chi connectivity index (χ1n) is 6.96. The summed E-state index contributed by atoms with van der Waals surface area (Å²) in [5, 5.41) is 4.69. The first-order chi connectivity index (χ1) is 11.3. The molecular weight excluding hydrogens is 325 g/mol. The van der Waals surface area contributed by atoms with Crippen LogP contribution in [0.3, 0.4) is 0 Å². The molecule has 9 heteroatoms. The largest absolute Gasteiger partial charge is 0.393 e. The van der Waals surface area contributed by atoms with E-state index in [4.69, 9.17) is 0 Å². The van der Waals surface area contributed by atoms with Gasteiger partial charge in [0, 0.05) is 26.0 Å². The molecule has 0 saturated carbocycles. The Kier molecular flexibility index (Phi) is 5.22. The Labute approximate surface area is 135 Å². The molecule has 2 rings (SSSR count). The van der Waals surface area contributed by atoms with Crippen LogP contribution < -0.4 is 16.2 Å². The van der Waals surface area contributed by atoms with E-state index in [1.807, 2.05) is 0 Å². The lowest BCUT2D eigenvalue weighted by Gasteiger charge is -2.13. The number of nitrogens with zero attached hydrogens (tertiary/aromatic N) is 2. The molecule has 24 heavy (non-hydrogen) atoms. The highest BCUT2D eigenvalue weighted by atomic mass is 19.4. The van der Waals surface area contributed by atoms with Crippen LogP contribution in [0.25, 0.3) is 0 Å². The van der Waals surface area contributed by atoms with Crippen molar-refractivity contribution >= 4 is 11.8 Å². The number of amides is 2. The molecule has 2 N–H and O–H groups in total. The van der Waals surface area contributed by atoms with E-state index in [0.29, 0.717) is 5.56 Å². The van der Waals surface area contributed by atoms with Crippen LogP contribution >= 0.6 is 0 Å². The van der Waals surface area contributed by atoms with Crippen LogP contribution in [-0.4, -0.2) is 21.8 Å². The maximum absolute atomic E-state index is 12.5. The Morgan fingerprint density at radius 1 is 1.25 bits per heavy atom. The van der Waals surface area contributed by atoms with Gasteiger partial charge in [0.1, 0.15) is 0 Å². The van der Waals surface area contributed by atoms with Gasteiger partial charge in [0.25, 0.3) is 5.56 Å². The van der Waals surface area contributed by atoms with Gasteiger partial charge in [-0.3, -0.25) is 10.1 Å². The second kappa shape index (κ2) is 7.16. The van der Waals surface area contributed by atoms with Gasteiger partial charge in [-0.25, -0.2) is 9.78 Å². The number of carbonyl (C=O) groups is 1. The number of rotatable bonds is 4. The Morgan fingerprint density at radius 3 is 2.58 bits per heavy atom. The monoisotopic (exact) mass is 340 g/mol. The van der Waals surface area contributed by atoms with Gasteiger partial charge in [-0.15, -0.1) is 0 Å². The molecule has 1 heterocycles. The summed E-state index contributed by atoms with van der Waals surface area (Å²) in [4.78, 5) is 27.3. The lowest BCUT2D eigenvalue weighted by atomic mass is 10.0. The van der Waals surface area contributed by atoms with Crippen molar-refractivity contribution in [2.75, 3.05) is 5.32 Å². The van der Waals surface area contributed by atoms with Crippen molar-refractivity contribution in [2.45, 2.75) is 19.1 Å². The summed E-state index contributed by atoms with van der Waals surface area (Å²) in [7, 11) is 1.50. The van der Waals surface area contributed by atoms with E-state index < -0.39 is 24.2 Å². The number of hydrogen-bond acceptors (Lipinski definition) is 3. The van der Waals surface area contributed by atoms with Gasteiger partial charge in [0.15, 0.2) is 0 Å². The third-order valence-corrected chi connectivity index (χ3v) is 3.20. The minimum atomic E-state index is -4.33. The number of alkyl halides is 3. The van der Waals surface area contributed by atoms with Crippen LogP contribution in [0, 0.1) is 0 Å². The van der Waals surface area contributed by atoms with E-state index in [9.17, 15) is 22.8 Å². The zero-order chi connectivity index (χ0) is 17.7. The first-order valence-corrected chi connectivity index (χ1v) is 6.96. The molecular formula is C15H15F3N4O2. The molecule has 0 aliphatic heterocycles. The van der Waals surface area contributed by atoms with Crippen LogP contribution in [-0.2, 0) is 20.0 Å². The summed E-state index contributed by atoms with van der Waals surface area (Å²) in [5.41, 5.74) is -0.0666. The van der Waals surface area contributed by atoms with Crippen molar-refractivity contribution < 1.29 is 18.0 Å². The molecule has 6 nitrogen and oxygen atoms in total. The average Bonchev–Trinajstić information content (AvgIpc) is 2.49. The Morgan fingerprint density at radius 2 is 1.92 bits per heavy atom. The molecule has 0 bridgehead atoms. The number of carbonyl (C=O) groups excluding carboxylic acids is 1. The normalized spacial score (nSPS) is 11.2. The van der Waals surface area contributed by atoms with Gasteiger partial charge in [0.2, 0.25) is 5.82 Å².